The number of hydrogen-bond acceptors (Lipinski definition) is 2. The number of benzene rings is 1. The molecule has 0 bridgehead atoms. The first-order valence-corrected chi connectivity index (χ1v) is 6.99. The van der Waals surface area contributed by atoms with E-state index >= 15 is 0 Å². The van der Waals surface area contributed by atoms with Crippen LogP contribution in [0.5, 0.6) is 0 Å². The summed E-state index contributed by atoms with van der Waals surface area (Å²) in [6, 6.07) is 6.86. The molecular formula is C16H26N2. The van der Waals surface area contributed by atoms with Gasteiger partial charge in [-0.05, 0) is 54.0 Å². The van der Waals surface area contributed by atoms with Crippen molar-refractivity contribution in [2.75, 3.05) is 12.3 Å². The van der Waals surface area contributed by atoms with E-state index in [-0.39, 0.29) is 0 Å². The van der Waals surface area contributed by atoms with Crippen molar-refractivity contribution >= 4 is 5.69 Å². The fourth-order valence-electron chi connectivity index (χ4n) is 2.47. The summed E-state index contributed by atoms with van der Waals surface area (Å²) in [6.07, 6.45) is 2.36. The molecule has 100 valence electrons. The van der Waals surface area contributed by atoms with E-state index in [9.17, 15) is 0 Å². The minimum absolute atomic E-state index is 0.371. The van der Waals surface area contributed by atoms with Crippen LogP contribution in [0.3, 0.4) is 0 Å². The predicted molar refractivity (Wildman–Crippen MR) is 78.5 cm³/mol. The molecule has 18 heavy (non-hydrogen) atoms. The molecule has 0 radical (unpaired) electrons. The number of nitrogen functional groups attached to an aromatic ring is 1. The third-order valence-electron chi connectivity index (χ3n) is 4.39. The minimum Gasteiger partial charge on any atom is -0.399 e. The van der Waals surface area contributed by atoms with E-state index in [1.807, 2.05) is 6.07 Å². The second-order valence-electron chi connectivity index (χ2n) is 6.72. The van der Waals surface area contributed by atoms with Gasteiger partial charge in [-0.25, -0.2) is 0 Å². The first kappa shape index (κ1) is 13.4. The van der Waals surface area contributed by atoms with E-state index in [1.54, 1.807) is 0 Å². The molecule has 0 aliphatic heterocycles. The number of nitrogens with one attached hydrogen (secondary N) is 1. The van der Waals surface area contributed by atoms with Crippen molar-refractivity contribution in [3.05, 3.63) is 29.3 Å². The maximum Gasteiger partial charge on any atom is 0.0326 e. The zero-order valence-electron chi connectivity index (χ0n) is 12.1. The molecule has 0 spiro atoms. The number of rotatable bonds is 3. The van der Waals surface area contributed by atoms with Gasteiger partial charge in [0.25, 0.3) is 0 Å². The number of aryl methyl sites for hydroxylation is 1. The van der Waals surface area contributed by atoms with Crippen molar-refractivity contribution < 1.29 is 0 Å². The lowest BCUT2D eigenvalue weighted by molar-refractivity contribution is 0.245. The fourth-order valence-corrected chi connectivity index (χ4v) is 2.47. The molecule has 1 aromatic carbocycles. The molecule has 2 atom stereocenters. The van der Waals surface area contributed by atoms with E-state index in [1.165, 1.54) is 17.5 Å². The molecule has 3 N–H and O–H groups in total. The molecule has 2 heteroatoms. The summed E-state index contributed by atoms with van der Waals surface area (Å²) in [5, 5.41) is 3.72. The fraction of sp³-hybridized carbons (Fsp3) is 0.625. The van der Waals surface area contributed by atoms with Gasteiger partial charge >= 0.3 is 0 Å². The Balaban J connectivity index is 1.98. The molecule has 1 aromatic rings. The van der Waals surface area contributed by atoms with Gasteiger partial charge in [-0.2, -0.15) is 0 Å². The molecule has 0 fully saturated rings. The van der Waals surface area contributed by atoms with Crippen LogP contribution >= 0.6 is 0 Å². The number of nitrogens with two attached hydrogens (primary N) is 1. The SMILES string of the molecule is CC(CNC1CCc2cc(N)ccc21)C(C)(C)C. The zero-order valence-corrected chi connectivity index (χ0v) is 12.1. The lowest BCUT2D eigenvalue weighted by Gasteiger charge is -2.29. The van der Waals surface area contributed by atoms with Crippen LogP contribution in [0.4, 0.5) is 5.69 Å². The van der Waals surface area contributed by atoms with Crippen LogP contribution in [0, 0.1) is 11.3 Å². The normalized spacial score (nSPS) is 20.8. The Morgan fingerprint density at radius 3 is 2.78 bits per heavy atom. The lowest BCUT2D eigenvalue weighted by Crippen LogP contribution is -2.31. The Morgan fingerprint density at radius 2 is 2.11 bits per heavy atom. The van der Waals surface area contributed by atoms with Gasteiger partial charge in [-0.15, -0.1) is 0 Å². The number of hydrogen-bond donors (Lipinski definition) is 2. The highest BCUT2D eigenvalue weighted by atomic mass is 14.9. The second kappa shape index (κ2) is 4.93. The van der Waals surface area contributed by atoms with Crippen LogP contribution in [0.1, 0.15) is 51.3 Å². The highest BCUT2D eigenvalue weighted by molar-refractivity contribution is 5.47. The summed E-state index contributed by atoms with van der Waals surface area (Å²) in [6.45, 7) is 10.3. The van der Waals surface area contributed by atoms with Gasteiger partial charge in [0.15, 0.2) is 0 Å². The molecule has 0 heterocycles. The van der Waals surface area contributed by atoms with Gasteiger partial charge < -0.3 is 11.1 Å². The topological polar surface area (TPSA) is 38.0 Å². The summed E-state index contributed by atoms with van der Waals surface area (Å²) < 4.78 is 0. The molecular weight excluding hydrogens is 220 g/mol. The molecule has 0 saturated carbocycles. The van der Waals surface area contributed by atoms with Gasteiger partial charge in [0.2, 0.25) is 0 Å². The summed E-state index contributed by atoms with van der Waals surface area (Å²) >= 11 is 0. The second-order valence-corrected chi connectivity index (χ2v) is 6.72. The van der Waals surface area contributed by atoms with Gasteiger partial charge in [0.05, 0.1) is 0 Å². The van der Waals surface area contributed by atoms with Crippen LogP contribution in [0.25, 0.3) is 0 Å². The molecule has 0 aromatic heterocycles. The van der Waals surface area contributed by atoms with E-state index in [0.717, 1.165) is 18.7 Å². The first-order valence-electron chi connectivity index (χ1n) is 6.99. The molecule has 1 aliphatic rings. The average Bonchev–Trinajstić information content (AvgIpc) is 2.66. The first-order chi connectivity index (χ1) is 8.38. The highest BCUT2D eigenvalue weighted by Crippen LogP contribution is 2.33. The molecule has 0 amide bonds. The molecule has 1 aliphatic carbocycles. The Hall–Kier alpha value is -1.02. The van der Waals surface area contributed by atoms with Crippen LogP contribution < -0.4 is 11.1 Å². The van der Waals surface area contributed by atoms with E-state index in [2.05, 4.69) is 45.1 Å². The predicted octanol–water partition coefficient (Wildman–Crippen LogP) is 3.53. The molecule has 0 saturated heterocycles. The molecule has 2 nitrogen and oxygen atoms in total. The molecule has 2 unspecified atom stereocenters. The summed E-state index contributed by atoms with van der Waals surface area (Å²) in [4.78, 5) is 0. The van der Waals surface area contributed by atoms with Crippen LogP contribution in [-0.4, -0.2) is 6.54 Å². The summed E-state index contributed by atoms with van der Waals surface area (Å²) in [5.41, 5.74) is 9.97. The smallest absolute Gasteiger partial charge is 0.0326 e. The summed E-state index contributed by atoms with van der Waals surface area (Å²) in [7, 11) is 0. The van der Waals surface area contributed by atoms with Crippen LogP contribution in [0.2, 0.25) is 0 Å². The largest absolute Gasteiger partial charge is 0.399 e. The Labute approximate surface area is 111 Å². The zero-order chi connectivity index (χ0) is 13.3. The maximum atomic E-state index is 5.84. The summed E-state index contributed by atoms with van der Waals surface area (Å²) in [5.74, 6) is 0.676. The van der Waals surface area contributed by atoms with Gasteiger partial charge in [0, 0.05) is 11.7 Å². The van der Waals surface area contributed by atoms with Crippen molar-refractivity contribution in [3.8, 4) is 0 Å². The number of fused-ring (bicyclic) bond motifs is 1. The third kappa shape index (κ3) is 2.86. The van der Waals surface area contributed by atoms with E-state index in [0.29, 0.717) is 17.4 Å². The standard InChI is InChI=1S/C16H26N2/c1-11(16(2,3)4)10-18-15-8-5-12-9-13(17)6-7-14(12)15/h6-7,9,11,15,18H,5,8,10,17H2,1-4H3. The van der Waals surface area contributed by atoms with Crippen molar-refractivity contribution in [2.45, 2.75) is 46.6 Å². The van der Waals surface area contributed by atoms with E-state index in [4.69, 9.17) is 5.73 Å². The third-order valence-corrected chi connectivity index (χ3v) is 4.39. The van der Waals surface area contributed by atoms with Crippen molar-refractivity contribution in [1.29, 1.82) is 0 Å². The van der Waals surface area contributed by atoms with Crippen molar-refractivity contribution in [3.63, 3.8) is 0 Å². The van der Waals surface area contributed by atoms with Crippen LogP contribution in [-0.2, 0) is 6.42 Å². The van der Waals surface area contributed by atoms with Gasteiger partial charge in [-0.3, -0.25) is 0 Å². The van der Waals surface area contributed by atoms with E-state index < -0.39 is 0 Å². The Bertz CT molecular complexity index is 418. The molecule has 2 rings (SSSR count). The van der Waals surface area contributed by atoms with Crippen molar-refractivity contribution in [2.24, 2.45) is 11.3 Å². The monoisotopic (exact) mass is 246 g/mol. The highest BCUT2D eigenvalue weighted by Gasteiger charge is 2.25. The maximum absolute atomic E-state index is 5.84. The lowest BCUT2D eigenvalue weighted by atomic mass is 9.82. The average molecular weight is 246 g/mol. The van der Waals surface area contributed by atoms with Gasteiger partial charge in [0.1, 0.15) is 0 Å². The minimum atomic E-state index is 0.371. The van der Waals surface area contributed by atoms with Gasteiger partial charge in [-0.1, -0.05) is 33.8 Å². The van der Waals surface area contributed by atoms with Crippen molar-refractivity contribution in [1.82, 2.24) is 5.32 Å². The Kier molecular flexibility index (Phi) is 3.67. The van der Waals surface area contributed by atoms with Crippen LogP contribution in [0.15, 0.2) is 18.2 Å². The number of anilines is 1. The Morgan fingerprint density at radius 1 is 1.39 bits per heavy atom. The quantitative estimate of drug-likeness (QED) is 0.801.